The van der Waals surface area contributed by atoms with E-state index < -0.39 is 0 Å². The topological polar surface area (TPSA) is 26.0 Å². The molecule has 0 radical (unpaired) electrons. The van der Waals surface area contributed by atoms with Crippen LogP contribution in [0.15, 0.2) is 165 Å². The second-order valence-electron chi connectivity index (χ2n) is 11.8. The van der Waals surface area contributed by atoms with E-state index in [4.69, 9.17) is 4.98 Å². The number of aromatic nitrogens is 3. The SMILES string of the molecule is C=C1/C=C\C=C/CN(c2ccccc2)c2cc3ccc4c5ccccc5n(-c5ccc6c(c5)ncn6-c5ccccc5)c4c3cc21. The molecule has 8 aromatic rings. The Labute approximate surface area is 267 Å². The maximum absolute atomic E-state index is 4.84. The number of benzene rings is 6. The molecule has 9 rings (SSSR count). The van der Waals surface area contributed by atoms with E-state index in [9.17, 15) is 0 Å². The molecule has 1 aliphatic heterocycles. The fourth-order valence-electron chi connectivity index (χ4n) is 6.96. The second kappa shape index (κ2) is 10.5. The molecule has 4 heteroatoms. The van der Waals surface area contributed by atoms with Crippen molar-refractivity contribution in [2.24, 2.45) is 0 Å². The Morgan fingerprint density at radius 3 is 2.24 bits per heavy atom. The quantitative estimate of drug-likeness (QED) is 0.205. The first-order valence-corrected chi connectivity index (χ1v) is 15.6. The lowest BCUT2D eigenvalue weighted by molar-refractivity contribution is 1.09. The number of para-hydroxylation sites is 3. The lowest BCUT2D eigenvalue weighted by Crippen LogP contribution is -2.18. The van der Waals surface area contributed by atoms with E-state index in [1.807, 2.05) is 12.4 Å². The van der Waals surface area contributed by atoms with E-state index >= 15 is 0 Å². The highest BCUT2D eigenvalue weighted by Gasteiger charge is 2.20. The van der Waals surface area contributed by atoms with Crippen molar-refractivity contribution in [3.63, 3.8) is 0 Å². The van der Waals surface area contributed by atoms with Gasteiger partial charge in [0.2, 0.25) is 0 Å². The third kappa shape index (κ3) is 4.11. The number of nitrogens with zero attached hydrogens (tertiary/aromatic N) is 4. The molecule has 0 fully saturated rings. The summed E-state index contributed by atoms with van der Waals surface area (Å²) in [6, 6.07) is 45.5. The molecule has 3 heterocycles. The molecule has 0 saturated heterocycles. The first kappa shape index (κ1) is 26.3. The standard InChI is InChI=1S/C42H30N4/c1-29-13-5-4-12-24-44(31-14-6-2-7-15-31)41-25-30-20-22-35-34-18-10-11-19-39(34)46(42(35)37(30)27-36(29)41)33-21-23-40-38(26-33)43-28-45(40)32-16-8-3-9-17-32/h2-23,25-28H,1,24H2/b12-4-,13-5-. The van der Waals surface area contributed by atoms with Crippen molar-refractivity contribution in [2.75, 3.05) is 11.4 Å². The number of hydrogen-bond donors (Lipinski definition) is 0. The molecule has 0 N–H and O–H groups in total. The van der Waals surface area contributed by atoms with Crippen molar-refractivity contribution in [1.82, 2.24) is 14.1 Å². The summed E-state index contributed by atoms with van der Waals surface area (Å²) >= 11 is 0. The van der Waals surface area contributed by atoms with Gasteiger partial charge >= 0.3 is 0 Å². The van der Waals surface area contributed by atoms with Crippen LogP contribution in [0.1, 0.15) is 5.56 Å². The van der Waals surface area contributed by atoms with Gasteiger partial charge in [0.1, 0.15) is 6.33 Å². The molecule has 0 spiro atoms. The van der Waals surface area contributed by atoms with Crippen molar-refractivity contribution in [1.29, 1.82) is 0 Å². The third-order valence-corrected chi connectivity index (χ3v) is 9.13. The predicted octanol–water partition coefficient (Wildman–Crippen LogP) is 10.6. The molecule has 0 amide bonds. The van der Waals surface area contributed by atoms with Crippen LogP contribution >= 0.6 is 0 Å². The summed E-state index contributed by atoms with van der Waals surface area (Å²) in [5.74, 6) is 0. The summed E-state index contributed by atoms with van der Waals surface area (Å²) in [6.45, 7) is 5.30. The maximum atomic E-state index is 4.84. The van der Waals surface area contributed by atoms with Crippen molar-refractivity contribution < 1.29 is 0 Å². The molecule has 0 bridgehead atoms. The lowest BCUT2D eigenvalue weighted by Gasteiger charge is -2.27. The number of imidazole rings is 1. The van der Waals surface area contributed by atoms with Gasteiger partial charge in [0.05, 0.1) is 22.1 Å². The minimum absolute atomic E-state index is 0.762. The molecular formula is C42H30N4. The first-order valence-electron chi connectivity index (χ1n) is 15.6. The minimum atomic E-state index is 0.762. The molecule has 0 aliphatic carbocycles. The van der Waals surface area contributed by atoms with Crippen LogP contribution in [0, 0.1) is 0 Å². The van der Waals surface area contributed by atoms with Gasteiger partial charge in [-0.05, 0) is 71.6 Å². The van der Waals surface area contributed by atoms with E-state index in [0.29, 0.717) is 0 Å². The number of allylic oxidation sites excluding steroid dienone is 4. The van der Waals surface area contributed by atoms with Gasteiger partial charge in [-0.2, -0.15) is 0 Å². The van der Waals surface area contributed by atoms with Crippen LogP contribution in [-0.2, 0) is 0 Å². The van der Waals surface area contributed by atoms with Crippen LogP contribution in [0.3, 0.4) is 0 Å². The first-order chi connectivity index (χ1) is 22.7. The molecular weight excluding hydrogens is 560 g/mol. The molecule has 0 unspecified atom stereocenters. The van der Waals surface area contributed by atoms with E-state index in [1.165, 1.54) is 32.6 Å². The van der Waals surface area contributed by atoms with E-state index in [0.717, 1.165) is 51.5 Å². The highest BCUT2D eigenvalue weighted by Crippen LogP contribution is 2.42. The van der Waals surface area contributed by atoms with Crippen molar-refractivity contribution in [3.8, 4) is 11.4 Å². The van der Waals surface area contributed by atoms with Crippen LogP contribution in [0.2, 0.25) is 0 Å². The largest absolute Gasteiger partial charge is 0.337 e. The van der Waals surface area contributed by atoms with Gasteiger partial charge in [0.25, 0.3) is 0 Å². The summed E-state index contributed by atoms with van der Waals surface area (Å²) in [4.78, 5) is 7.22. The van der Waals surface area contributed by atoms with Crippen molar-refractivity contribution in [3.05, 3.63) is 170 Å². The highest BCUT2D eigenvalue weighted by molar-refractivity contribution is 6.19. The molecule has 0 atom stereocenters. The van der Waals surface area contributed by atoms with Gasteiger partial charge in [0.15, 0.2) is 0 Å². The third-order valence-electron chi connectivity index (χ3n) is 9.13. The lowest BCUT2D eigenvalue weighted by atomic mass is 9.96. The Morgan fingerprint density at radius 2 is 1.39 bits per heavy atom. The van der Waals surface area contributed by atoms with Crippen LogP contribution in [0.25, 0.3) is 60.6 Å². The van der Waals surface area contributed by atoms with Gasteiger partial charge < -0.3 is 9.47 Å². The number of anilines is 2. The smallest absolute Gasteiger partial charge is 0.100 e. The Kier molecular flexibility index (Phi) is 6.00. The van der Waals surface area contributed by atoms with Crippen LogP contribution in [-0.4, -0.2) is 20.7 Å². The maximum Gasteiger partial charge on any atom is 0.100 e. The average molecular weight is 591 g/mol. The fourth-order valence-corrected chi connectivity index (χ4v) is 6.96. The van der Waals surface area contributed by atoms with Gasteiger partial charge in [-0.15, -0.1) is 0 Å². The fraction of sp³-hybridized carbons (Fsp3) is 0.0238. The summed E-state index contributed by atoms with van der Waals surface area (Å²) in [6.07, 6.45) is 10.4. The zero-order valence-electron chi connectivity index (χ0n) is 25.2. The van der Waals surface area contributed by atoms with Crippen LogP contribution in [0.4, 0.5) is 11.4 Å². The highest BCUT2D eigenvalue weighted by atomic mass is 15.1. The van der Waals surface area contributed by atoms with E-state index in [2.05, 4.69) is 166 Å². The van der Waals surface area contributed by atoms with Gasteiger partial charge in [-0.1, -0.05) is 97.6 Å². The Morgan fingerprint density at radius 1 is 0.609 bits per heavy atom. The van der Waals surface area contributed by atoms with Crippen molar-refractivity contribution in [2.45, 2.75) is 0 Å². The number of hydrogen-bond acceptors (Lipinski definition) is 2. The van der Waals surface area contributed by atoms with Crippen LogP contribution in [0.5, 0.6) is 0 Å². The molecule has 4 nitrogen and oxygen atoms in total. The van der Waals surface area contributed by atoms with E-state index in [1.54, 1.807) is 0 Å². The normalized spacial score (nSPS) is 14.8. The average Bonchev–Trinajstić information content (AvgIpc) is 3.70. The molecule has 6 aromatic carbocycles. The van der Waals surface area contributed by atoms with Gasteiger partial charge in [-0.25, -0.2) is 4.98 Å². The Hall–Kier alpha value is -6.13. The number of fused-ring (bicyclic) bond motifs is 7. The second-order valence-corrected chi connectivity index (χ2v) is 11.8. The van der Waals surface area contributed by atoms with Crippen molar-refractivity contribution >= 4 is 60.6 Å². The van der Waals surface area contributed by atoms with Gasteiger partial charge in [-0.3, -0.25) is 4.57 Å². The number of rotatable bonds is 3. The van der Waals surface area contributed by atoms with E-state index in [-0.39, 0.29) is 0 Å². The predicted molar refractivity (Wildman–Crippen MR) is 194 cm³/mol. The summed E-state index contributed by atoms with van der Waals surface area (Å²) in [7, 11) is 0. The van der Waals surface area contributed by atoms with Gasteiger partial charge in [0, 0.05) is 51.0 Å². The van der Waals surface area contributed by atoms with Crippen LogP contribution < -0.4 is 4.90 Å². The summed E-state index contributed by atoms with van der Waals surface area (Å²) < 4.78 is 4.55. The Balaban J connectivity index is 1.32. The zero-order valence-corrected chi connectivity index (χ0v) is 25.2. The minimum Gasteiger partial charge on any atom is -0.337 e. The zero-order chi connectivity index (χ0) is 30.6. The molecule has 2 aromatic heterocycles. The molecule has 0 saturated carbocycles. The monoisotopic (exact) mass is 590 g/mol. The summed E-state index contributed by atoms with van der Waals surface area (Å²) in [5, 5.41) is 4.83. The molecule has 1 aliphatic rings. The molecule has 218 valence electrons. The molecule has 46 heavy (non-hydrogen) atoms. The summed E-state index contributed by atoms with van der Waals surface area (Å²) in [5.41, 5.74) is 11.0. The Bertz CT molecular complexity index is 2510.